The van der Waals surface area contributed by atoms with E-state index < -0.39 is 21.2 Å². The van der Waals surface area contributed by atoms with Gasteiger partial charge in [-0.1, -0.05) is 24.3 Å². The zero-order valence-electron chi connectivity index (χ0n) is 62.3. The summed E-state index contributed by atoms with van der Waals surface area (Å²) in [5.41, 5.74) is 13.4. The van der Waals surface area contributed by atoms with E-state index in [1.54, 1.807) is 78.8 Å². The van der Waals surface area contributed by atoms with Gasteiger partial charge in [-0.15, -0.1) is 0 Å². The molecule has 7 heterocycles. The second kappa shape index (κ2) is 34.4. The van der Waals surface area contributed by atoms with Crippen molar-refractivity contribution in [1.29, 1.82) is 0 Å². The lowest BCUT2D eigenvalue weighted by atomic mass is 9.89. The Bertz CT molecular complexity index is 5290. The van der Waals surface area contributed by atoms with Crippen LogP contribution in [0.1, 0.15) is 146 Å². The summed E-state index contributed by atoms with van der Waals surface area (Å²) in [6.07, 6.45) is 29.8. The van der Waals surface area contributed by atoms with Gasteiger partial charge in [0.25, 0.3) is 28.4 Å². The van der Waals surface area contributed by atoms with Crippen LogP contribution in [-0.2, 0) is 33.3 Å². The number of ketones is 2. The van der Waals surface area contributed by atoms with E-state index in [0.717, 1.165) is 159 Å². The number of aromatic nitrogens is 5. The Labute approximate surface area is 636 Å². The highest BCUT2D eigenvalue weighted by Gasteiger charge is 2.40. The Kier molecular flexibility index (Phi) is 24.4. The Morgan fingerprint density at radius 2 is 0.883 bits per heavy atom. The minimum absolute atomic E-state index is 0.0841. The predicted octanol–water partition coefficient (Wildman–Crippen LogP) is 17.7. The lowest BCUT2D eigenvalue weighted by Gasteiger charge is -2.32. The molecule has 30 nitrogen and oxygen atoms in total. The smallest absolute Gasteiger partial charge is 0.410 e. The fraction of sp³-hybridized carbons (Fsp3) is 0.370. The van der Waals surface area contributed by atoms with Crippen molar-refractivity contribution in [1.82, 2.24) is 35.1 Å². The van der Waals surface area contributed by atoms with E-state index in [2.05, 4.69) is 48.5 Å². The quantitative estimate of drug-likeness (QED) is 0.0517. The molecule has 2 spiro atoms. The summed E-state index contributed by atoms with van der Waals surface area (Å²) in [4.78, 5) is 104. The van der Waals surface area contributed by atoms with Crippen molar-refractivity contribution in [3.63, 3.8) is 0 Å². The summed E-state index contributed by atoms with van der Waals surface area (Å²) in [5.74, 6) is -0.223. The molecule has 17 rings (SSSR count). The molecule has 5 aliphatic carbocycles. The molecular formula is C81H88N12O18. The van der Waals surface area contributed by atoms with Crippen molar-refractivity contribution in [2.24, 2.45) is 0 Å². The van der Waals surface area contributed by atoms with Crippen LogP contribution in [0.15, 0.2) is 152 Å². The lowest BCUT2D eigenvalue weighted by Crippen LogP contribution is -2.41. The van der Waals surface area contributed by atoms with Gasteiger partial charge in [0.15, 0.2) is 11.6 Å². The summed E-state index contributed by atoms with van der Waals surface area (Å²) in [5, 5.41) is 61.8. The molecule has 0 bridgehead atoms. The average Bonchev–Trinajstić information content (AvgIpc) is 1.68. The fourth-order valence-corrected chi connectivity index (χ4v) is 14.8. The van der Waals surface area contributed by atoms with Crippen LogP contribution in [0.25, 0.3) is 76.8 Å². The summed E-state index contributed by atoms with van der Waals surface area (Å²) >= 11 is 0. The first kappa shape index (κ1) is 78.7. The van der Waals surface area contributed by atoms with E-state index in [-0.39, 0.29) is 66.9 Å². The van der Waals surface area contributed by atoms with Crippen molar-refractivity contribution in [3.05, 3.63) is 225 Å². The van der Waals surface area contributed by atoms with E-state index in [0.29, 0.717) is 70.4 Å². The van der Waals surface area contributed by atoms with Crippen molar-refractivity contribution in [3.8, 4) is 0 Å². The number of nitrogens with zero attached hydrogens (tertiary/aromatic N) is 6. The third-order valence-corrected chi connectivity index (χ3v) is 20.9. The molecule has 2 unspecified atom stereocenters. The molecule has 3 fully saturated rings. The zero-order valence-corrected chi connectivity index (χ0v) is 62.3. The number of carbonyl (C=O) groups is 3. The molecule has 7 aliphatic rings. The average molecular weight is 1520 g/mol. The molecule has 10 aromatic rings. The van der Waals surface area contributed by atoms with Crippen LogP contribution in [0.2, 0.25) is 0 Å². The van der Waals surface area contributed by atoms with Crippen LogP contribution in [0.3, 0.4) is 0 Å². The number of Topliss-reactive ketones (excluding diaryl/α,β-unsaturated/α-hetero) is 2. The number of amides is 1. The van der Waals surface area contributed by atoms with Gasteiger partial charge < -0.3 is 58.8 Å². The molecule has 6 N–H and O–H groups in total. The molecule has 580 valence electrons. The first-order valence-corrected chi connectivity index (χ1v) is 37.0. The van der Waals surface area contributed by atoms with Gasteiger partial charge in [-0.05, 0) is 138 Å². The van der Waals surface area contributed by atoms with Gasteiger partial charge in [0, 0.05) is 239 Å². The summed E-state index contributed by atoms with van der Waals surface area (Å²) in [6.45, 7) is 8.25. The van der Waals surface area contributed by atoms with Crippen molar-refractivity contribution < 1.29 is 62.7 Å². The number of fused-ring (bicyclic) bond motifs is 5. The number of H-pyrrole nitrogens is 5. The maximum atomic E-state index is 12.3. The van der Waals surface area contributed by atoms with E-state index in [1.807, 2.05) is 64.7 Å². The molecule has 111 heavy (non-hydrogen) atoms. The van der Waals surface area contributed by atoms with Crippen LogP contribution in [0, 0.1) is 50.6 Å². The number of benzene rings is 5. The van der Waals surface area contributed by atoms with E-state index in [4.69, 9.17) is 23.7 Å². The molecule has 30 heteroatoms. The normalized spacial score (nSPS) is 18.5. The molecular weight excluding hydrogens is 1430 g/mol. The van der Waals surface area contributed by atoms with Gasteiger partial charge >= 0.3 is 6.09 Å². The lowest BCUT2D eigenvalue weighted by molar-refractivity contribution is -0.384. The third kappa shape index (κ3) is 19.1. The monoisotopic (exact) mass is 1520 g/mol. The summed E-state index contributed by atoms with van der Waals surface area (Å²) in [6, 6.07) is 26.7. The SMILES string of the molecule is CN(C(=O)OC(C)(C)C)C1CC=C(c2c[nH]c3ccc([N+](=O)[O-])cc23)CC1.CNC1CC=C(c2c[nH]c3ccc([N+](=O)[O-])cc23)CC1.O=C1CC=C(c2c[nH]c3ccc([N+](=O)[O-])cc23)CC1.O=C1CCC2(CC1)OCCO2.O=[N+]([O-])c1ccc2[nH]cc(C3=CCC4(CC3)OCCO4)c2c1.O=[N+]([O-])c1ccc2[nH]ccc2c1. The highest BCUT2D eigenvalue weighted by atomic mass is 16.7. The number of nitro groups is 5. The van der Waals surface area contributed by atoms with Gasteiger partial charge in [0.05, 0.1) is 51.0 Å². The van der Waals surface area contributed by atoms with Gasteiger partial charge in [0.1, 0.15) is 17.2 Å². The van der Waals surface area contributed by atoms with Crippen LogP contribution >= 0.6 is 0 Å². The number of ether oxygens (including phenoxy) is 5. The molecule has 1 saturated carbocycles. The minimum atomic E-state index is -0.514. The number of nitrogens with one attached hydrogen (secondary N) is 6. The number of hydrogen-bond donors (Lipinski definition) is 6. The van der Waals surface area contributed by atoms with Crippen LogP contribution < -0.4 is 5.32 Å². The number of nitro benzene ring substituents is 5. The number of non-ortho nitro benzene ring substituents is 5. The molecule has 2 aliphatic heterocycles. The maximum absolute atomic E-state index is 12.3. The van der Waals surface area contributed by atoms with Crippen LogP contribution in [0.4, 0.5) is 33.2 Å². The molecule has 5 aromatic carbocycles. The van der Waals surface area contributed by atoms with Crippen LogP contribution in [-0.4, -0.2) is 142 Å². The van der Waals surface area contributed by atoms with Crippen molar-refractivity contribution >= 4 is 123 Å². The second-order valence-electron chi connectivity index (χ2n) is 29.2. The highest BCUT2D eigenvalue weighted by molar-refractivity contribution is 5.98. The third-order valence-electron chi connectivity index (χ3n) is 20.9. The molecule has 0 radical (unpaired) electrons. The van der Waals surface area contributed by atoms with Gasteiger partial charge in [-0.2, -0.15) is 0 Å². The number of hydrogen-bond acceptors (Lipinski definition) is 19. The maximum Gasteiger partial charge on any atom is 0.410 e. The largest absolute Gasteiger partial charge is 0.444 e. The highest BCUT2D eigenvalue weighted by Crippen LogP contribution is 2.42. The Hall–Kier alpha value is -11.8. The first-order chi connectivity index (χ1) is 53.2. The van der Waals surface area contributed by atoms with E-state index in [1.165, 1.54) is 41.5 Å². The Morgan fingerprint density at radius 3 is 1.26 bits per heavy atom. The Balaban J connectivity index is 0.000000126. The summed E-state index contributed by atoms with van der Waals surface area (Å²) in [7, 11) is 3.76. The van der Waals surface area contributed by atoms with E-state index in [9.17, 15) is 65.0 Å². The minimum Gasteiger partial charge on any atom is -0.444 e. The van der Waals surface area contributed by atoms with Gasteiger partial charge in [0.2, 0.25) is 0 Å². The number of rotatable bonds is 11. The van der Waals surface area contributed by atoms with E-state index >= 15 is 0 Å². The predicted molar refractivity (Wildman–Crippen MR) is 420 cm³/mol. The first-order valence-electron chi connectivity index (χ1n) is 37.0. The number of allylic oxidation sites excluding steroid dienone is 5. The summed E-state index contributed by atoms with van der Waals surface area (Å²) < 4.78 is 27.8. The van der Waals surface area contributed by atoms with Gasteiger partial charge in [-0.3, -0.25) is 60.2 Å². The molecule has 2 atom stereocenters. The van der Waals surface area contributed by atoms with Crippen LogP contribution in [0.5, 0.6) is 0 Å². The van der Waals surface area contributed by atoms with Gasteiger partial charge in [-0.25, -0.2) is 4.79 Å². The van der Waals surface area contributed by atoms with Crippen molar-refractivity contribution in [2.45, 2.75) is 153 Å². The topological polar surface area (TPSA) is 407 Å². The standard InChI is InChI=1S/C20H25N3O4.C16H16N2O4.C15H17N3O2.C14H12N2O3.C8H6N2O2.C8H12O3/c1-20(2,3)27-19(24)22(4)14-7-5-13(6-8-14)17-12-21-18-10-9-15(23(25)26)11-16(17)18;19-18(20)12-1-2-15-13(9-12)14(10-17-15)11-3-5-16(6-4-11)21-7-8-22-16;1-16-11-4-2-10(3-5-11)14-9-17-15-7-6-12(18(19)20)8-13(14)15;17-11-4-1-9(2-5-11)13-8-15-14-6-3-10(16(18)19)7-12(13)14;11-10(12)7-1-2-8-6(5-7)3-4-9-8;9-7-1-3-8(4-2-7)10-5-6-11-8/h5,9-12,14,21H,6-8H2,1-4H3;1-3,9-10,17H,4-8H2;2,6-9,11,16-17H,3-5H2,1H3;1,3,6-8,15H,2,4-5H2;1-5,9H;1-6H2. The molecule has 2 saturated heterocycles. The van der Waals surface area contributed by atoms with Crippen molar-refractivity contribution in [2.75, 3.05) is 40.5 Å². The number of carbonyl (C=O) groups excluding carboxylic acids is 3. The molecule has 1 amide bonds. The Morgan fingerprint density at radius 1 is 0.477 bits per heavy atom. The second-order valence-corrected chi connectivity index (χ2v) is 29.2. The number of aromatic amines is 5. The molecule has 5 aromatic heterocycles. The zero-order chi connectivity index (χ0) is 78.7. The fourth-order valence-electron chi connectivity index (χ4n) is 14.8.